The predicted molar refractivity (Wildman–Crippen MR) is 145 cm³/mol. The van der Waals surface area contributed by atoms with Crippen LogP contribution in [0.2, 0.25) is 0 Å². The number of aryl methyl sites for hydroxylation is 1. The molecule has 2 aliphatic heterocycles. The fraction of sp³-hybridized carbons (Fsp3) is 0.556. The summed E-state index contributed by atoms with van der Waals surface area (Å²) in [5.41, 5.74) is 8.15. The molecule has 4 heterocycles. The van der Waals surface area contributed by atoms with Crippen LogP contribution in [-0.2, 0) is 13.0 Å². The topological polar surface area (TPSA) is 112 Å². The van der Waals surface area contributed by atoms with Crippen LogP contribution in [0.15, 0.2) is 29.0 Å². The third kappa shape index (κ3) is 6.67. The van der Waals surface area contributed by atoms with Gasteiger partial charge in [-0.2, -0.15) is 11.3 Å². The first-order chi connectivity index (χ1) is 17.9. The number of piperidine rings is 1. The molecule has 0 spiro atoms. The highest BCUT2D eigenvalue weighted by Crippen LogP contribution is 2.23. The summed E-state index contributed by atoms with van der Waals surface area (Å²) in [6.45, 7) is 6.11. The van der Waals surface area contributed by atoms with E-state index in [1.165, 1.54) is 0 Å². The standard InChI is InChI=1S/C27H38N6O3S/c1-19(31-14-9-21(10-15-31)33(27(36)29-2)17-20-11-16-37-18-20)5-7-23-22(25(28)34)6-8-24(30-23)26(35)32-12-3-4-13-32/h6,8,11,16,18-19,21H,3-5,7,9-10,12-15,17H2,1-2H3,(H2,28,34)(H,29,36)/t19-/m1/s1. The van der Waals surface area contributed by atoms with Crippen LogP contribution < -0.4 is 11.1 Å². The van der Waals surface area contributed by atoms with Gasteiger partial charge in [0.25, 0.3) is 11.8 Å². The molecule has 9 nitrogen and oxygen atoms in total. The number of hydrogen-bond donors (Lipinski definition) is 2. The molecule has 2 saturated heterocycles. The first kappa shape index (κ1) is 27.1. The van der Waals surface area contributed by atoms with Gasteiger partial charge in [0.05, 0.1) is 11.3 Å². The first-order valence-electron chi connectivity index (χ1n) is 13.2. The lowest BCUT2D eigenvalue weighted by molar-refractivity contribution is 0.0785. The van der Waals surface area contributed by atoms with Crippen molar-refractivity contribution in [2.45, 2.75) is 64.1 Å². The summed E-state index contributed by atoms with van der Waals surface area (Å²) in [7, 11) is 1.68. The lowest BCUT2D eigenvalue weighted by atomic mass is 9.99. The molecule has 0 aromatic carbocycles. The van der Waals surface area contributed by atoms with Crippen LogP contribution in [0.25, 0.3) is 0 Å². The third-order valence-electron chi connectivity index (χ3n) is 7.62. The largest absolute Gasteiger partial charge is 0.366 e. The minimum atomic E-state index is -0.518. The van der Waals surface area contributed by atoms with E-state index in [1.807, 2.05) is 15.2 Å². The van der Waals surface area contributed by atoms with Crippen molar-refractivity contribution < 1.29 is 14.4 Å². The SMILES string of the molecule is CNC(=O)N(Cc1ccsc1)C1CCN([C@H](C)CCc2nc(C(=O)N3CCCC3)ccc2C(N)=O)CC1. The number of rotatable bonds is 9. The quantitative estimate of drug-likeness (QED) is 0.522. The molecule has 0 saturated carbocycles. The lowest BCUT2D eigenvalue weighted by Gasteiger charge is -2.40. The van der Waals surface area contributed by atoms with Crippen LogP contribution in [0.5, 0.6) is 0 Å². The number of primary amides is 1. The Labute approximate surface area is 223 Å². The number of amides is 4. The number of hydrogen-bond acceptors (Lipinski definition) is 6. The number of urea groups is 1. The van der Waals surface area contributed by atoms with E-state index in [4.69, 9.17) is 5.73 Å². The molecular weight excluding hydrogens is 488 g/mol. The van der Waals surface area contributed by atoms with Crippen LogP contribution in [0.3, 0.4) is 0 Å². The Kier molecular flexibility index (Phi) is 9.15. The van der Waals surface area contributed by atoms with Crippen molar-refractivity contribution in [2.75, 3.05) is 33.2 Å². The number of carbonyl (C=O) groups is 3. The van der Waals surface area contributed by atoms with Gasteiger partial charge in [0, 0.05) is 51.9 Å². The molecule has 200 valence electrons. The molecule has 4 rings (SSSR count). The highest BCUT2D eigenvalue weighted by Gasteiger charge is 2.30. The number of carbonyl (C=O) groups excluding carboxylic acids is 3. The molecule has 2 aromatic heterocycles. The van der Waals surface area contributed by atoms with Crippen molar-refractivity contribution in [3.05, 3.63) is 51.5 Å². The minimum absolute atomic E-state index is 0.0360. The van der Waals surface area contributed by atoms with Gasteiger partial charge >= 0.3 is 6.03 Å². The van der Waals surface area contributed by atoms with Crippen molar-refractivity contribution in [3.8, 4) is 0 Å². The van der Waals surface area contributed by atoms with E-state index < -0.39 is 5.91 Å². The number of likely N-dealkylation sites (tertiary alicyclic amines) is 2. The van der Waals surface area contributed by atoms with Gasteiger partial charge in [-0.25, -0.2) is 9.78 Å². The van der Waals surface area contributed by atoms with Crippen LogP contribution >= 0.6 is 11.3 Å². The molecule has 10 heteroatoms. The monoisotopic (exact) mass is 526 g/mol. The van der Waals surface area contributed by atoms with Gasteiger partial charge < -0.3 is 25.8 Å². The maximum absolute atomic E-state index is 12.8. The van der Waals surface area contributed by atoms with Crippen LogP contribution in [0.1, 0.15) is 71.1 Å². The van der Waals surface area contributed by atoms with E-state index in [0.29, 0.717) is 29.9 Å². The van der Waals surface area contributed by atoms with E-state index in [1.54, 1.807) is 30.5 Å². The zero-order chi connectivity index (χ0) is 26.4. The Hall–Kier alpha value is -2.98. The summed E-state index contributed by atoms with van der Waals surface area (Å²) in [4.78, 5) is 48.3. The van der Waals surface area contributed by atoms with Gasteiger partial charge in [0.15, 0.2) is 0 Å². The van der Waals surface area contributed by atoms with Gasteiger partial charge in [-0.15, -0.1) is 0 Å². The molecule has 0 radical (unpaired) electrons. The van der Waals surface area contributed by atoms with Gasteiger partial charge in [-0.1, -0.05) is 0 Å². The fourth-order valence-electron chi connectivity index (χ4n) is 5.37. The predicted octanol–water partition coefficient (Wildman–Crippen LogP) is 3.11. The van der Waals surface area contributed by atoms with E-state index in [0.717, 1.165) is 63.8 Å². The maximum Gasteiger partial charge on any atom is 0.317 e. The number of pyridine rings is 1. The van der Waals surface area contributed by atoms with E-state index in [9.17, 15) is 14.4 Å². The number of nitrogens with one attached hydrogen (secondary N) is 1. The summed E-state index contributed by atoms with van der Waals surface area (Å²) in [6.07, 6.45) is 5.22. The minimum Gasteiger partial charge on any atom is -0.366 e. The van der Waals surface area contributed by atoms with E-state index >= 15 is 0 Å². The zero-order valence-electron chi connectivity index (χ0n) is 21.8. The van der Waals surface area contributed by atoms with Crippen LogP contribution in [0.4, 0.5) is 4.79 Å². The Balaban J connectivity index is 1.35. The number of nitrogens with zero attached hydrogens (tertiary/aromatic N) is 4. The molecule has 3 N–H and O–H groups in total. The first-order valence-corrected chi connectivity index (χ1v) is 14.1. The summed E-state index contributed by atoms with van der Waals surface area (Å²) < 4.78 is 0. The normalized spacial score (nSPS) is 17.5. The Morgan fingerprint density at radius 3 is 2.51 bits per heavy atom. The van der Waals surface area contributed by atoms with Gasteiger partial charge in [-0.3, -0.25) is 9.59 Å². The summed E-state index contributed by atoms with van der Waals surface area (Å²) in [5.74, 6) is -0.593. The van der Waals surface area contributed by atoms with Crippen molar-refractivity contribution in [2.24, 2.45) is 5.73 Å². The second kappa shape index (κ2) is 12.5. The molecule has 0 bridgehead atoms. The fourth-order valence-corrected chi connectivity index (χ4v) is 6.03. The molecule has 0 unspecified atom stereocenters. The number of aromatic nitrogens is 1. The molecule has 2 aromatic rings. The second-order valence-corrected chi connectivity index (χ2v) is 10.8. The van der Waals surface area contributed by atoms with Gasteiger partial charge in [0.2, 0.25) is 0 Å². The highest BCUT2D eigenvalue weighted by molar-refractivity contribution is 7.07. The Morgan fingerprint density at radius 1 is 1.16 bits per heavy atom. The summed E-state index contributed by atoms with van der Waals surface area (Å²) in [5, 5.41) is 6.93. The zero-order valence-corrected chi connectivity index (χ0v) is 22.6. The van der Waals surface area contributed by atoms with Crippen molar-refractivity contribution in [3.63, 3.8) is 0 Å². The molecule has 1 atom stereocenters. The van der Waals surface area contributed by atoms with E-state index in [-0.39, 0.29) is 24.0 Å². The molecule has 2 fully saturated rings. The average Bonchev–Trinajstić information content (AvgIpc) is 3.64. The van der Waals surface area contributed by atoms with Gasteiger partial charge in [-0.05, 0) is 80.0 Å². The van der Waals surface area contributed by atoms with Crippen molar-refractivity contribution in [1.82, 2.24) is 25.0 Å². The molecule has 4 amide bonds. The van der Waals surface area contributed by atoms with Crippen molar-refractivity contribution >= 4 is 29.2 Å². The smallest absolute Gasteiger partial charge is 0.317 e. The lowest BCUT2D eigenvalue weighted by Crippen LogP contribution is -2.51. The maximum atomic E-state index is 12.8. The van der Waals surface area contributed by atoms with Gasteiger partial charge in [0.1, 0.15) is 5.69 Å². The second-order valence-electron chi connectivity index (χ2n) is 10.0. The number of nitrogens with two attached hydrogens (primary N) is 1. The number of thiophene rings is 1. The average molecular weight is 527 g/mol. The Bertz CT molecular complexity index is 1080. The van der Waals surface area contributed by atoms with Crippen LogP contribution in [-0.4, -0.2) is 82.8 Å². The molecule has 37 heavy (non-hydrogen) atoms. The van der Waals surface area contributed by atoms with E-state index in [2.05, 4.69) is 33.6 Å². The molecule has 0 aliphatic carbocycles. The van der Waals surface area contributed by atoms with Crippen LogP contribution in [0, 0.1) is 0 Å². The Morgan fingerprint density at radius 2 is 1.89 bits per heavy atom. The summed E-state index contributed by atoms with van der Waals surface area (Å²) >= 11 is 1.65. The summed E-state index contributed by atoms with van der Waals surface area (Å²) in [6, 6.07) is 5.76. The highest BCUT2D eigenvalue weighted by atomic mass is 32.1. The van der Waals surface area contributed by atoms with Crippen molar-refractivity contribution in [1.29, 1.82) is 0 Å². The third-order valence-corrected chi connectivity index (χ3v) is 8.35. The molecule has 2 aliphatic rings. The molecular formula is C27H38N6O3S.